The summed E-state index contributed by atoms with van der Waals surface area (Å²) in [4.78, 5) is 2.26. The minimum Gasteiger partial charge on any atom is -0.455 e. The van der Waals surface area contributed by atoms with E-state index in [0.29, 0.717) is 5.56 Å². The van der Waals surface area contributed by atoms with Gasteiger partial charge in [-0.2, -0.15) is 0 Å². The van der Waals surface area contributed by atoms with Gasteiger partial charge < -0.3 is 9.32 Å². The van der Waals surface area contributed by atoms with Crippen LogP contribution in [0.25, 0.3) is 66.4 Å². The molecule has 0 bridgehead atoms. The highest BCUT2D eigenvalue weighted by Crippen LogP contribution is 2.53. The molecule has 8 aromatic carbocycles. The second-order valence-corrected chi connectivity index (χ2v) is 14.8. The van der Waals surface area contributed by atoms with E-state index in [1.807, 2.05) is 30.3 Å². The van der Waals surface area contributed by atoms with E-state index in [1.165, 1.54) is 12.1 Å². The number of para-hydroxylation sites is 2. The first kappa shape index (κ1) is 32.8. The Labute approximate surface area is 318 Å². The van der Waals surface area contributed by atoms with Crippen LogP contribution in [0.4, 0.5) is 25.8 Å². The Kier molecular flexibility index (Phi) is 7.57. The maximum atomic E-state index is 16.2. The predicted molar refractivity (Wildman–Crippen MR) is 222 cm³/mol. The number of rotatable bonds is 6. The molecule has 264 valence electrons. The summed E-state index contributed by atoms with van der Waals surface area (Å²) in [7, 11) is 0. The van der Waals surface area contributed by atoms with Crippen LogP contribution in [0.3, 0.4) is 0 Å². The summed E-state index contributed by atoms with van der Waals surface area (Å²) >= 11 is 0. The molecule has 0 spiro atoms. The first-order valence-corrected chi connectivity index (χ1v) is 18.5. The lowest BCUT2D eigenvalue weighted by molar-refractivity contribution is 0.559. The Morgan fingerprint density at radius 1 is 0.455 bits per heavy atom. The van der Waals surface area contributed by atoms with Crippen LogP contribution in [-0.4, -0.2) is 0 Å². The molecule has 0 saturated carbocycles. The Morgan fingerprint density at radius 2 is 1.05 bits per heavy atom. The number of anilines is 3. The van der Waals surface area contributed by atoms with Gasteiger partial charge in [-0.25, -0.2) is 8.78 Å². The molecule has 1 aliphatic rings. The Morgan fingerprint density at radius 3 is 1.80 bits per heavy atom. The van der Waals surface area contributed by atoms with E-state index in [0.717, 1.165) is 89.1 Å². The molecule has 2 nitrogen and oxygen atoms in total. The number of furan rings is 1. The van der Waals surface area contributed by atoms with Gasteiger partial charge in [-0.05, 0) is 111 Å². The van der Waals surface area contributed by atoms with E-state index in [4.69, 9.17) is 4.42 Å². The van der Waals surface area contributed by atoms with Crippen LogP contribution in [0.1, 0.15) is 25.0 Å². The van der Waals surface area contributed by atoms with Crippen LogP contribution in [0.5, 0.6) is 0 Å². The second-order valence-electron chi connectivity index (χ2n) is 14.8. The molecule has 0 fully saturated rings. The molecule has 0 aliphatic heterocycles. The van der Waals surface area contributed by atoms with Gasteiger partial charge in [0.05, 0.1) is 0 Å². The molecule has 4 heteroatoms. The highest BCUT2D eigenvalue weighted by Gasteiger charge is 2.39. The summed E-state index contributed by atoms with van der Waals surface area (Å²) in [6.07, 6.45) is 0. The molecule has 0 radical (unpaired) electrons. The molecule has 1 heterocycles. The molecule has 0 unspecified atom stereocenters. The number of nitrogens with zero attached hydrogens (tertiary/aromatic N) is 1. The summed E-state index contributed by atoms with van der Waals surface area (Å²) in [6, 6.07) is 58.4. The summed E-state index contributed by atoms with van der Waals surface area (Å²) < 4.78 is 36.3. The molecule has 0 amide bonds. The van der Waals surface area contributed by atoms with Crippen molar-refractivity contribution in [1.29, 1.82) is 0 Å². The van der Waals surface area contributed by atoms with Gasteiger partial charge in [-0.1, -0.05) is 123 Å². The molecule has 1 aromatic heterocycles. The average Bonchev–Trinajstić information content (AvgIpc) is 3.71. The fraction of sp³-hybridized carbons (Fsp3) is 0.0588. The van der Waals surface area contributed by atoms with Crippen molar-refractivity contribution >= 4 is 39.0 Å². The van der Waals surface area contributed by atoms with E-state index >= 15 is 4.39 Å². The van der Waals surface area contributed by atoms with Crippen molar-refractivity contribution in [3.8, 4) is 44.5 Å². The Hall–Kier alpha value is -6.78. The van der Waals surface area contributed by atoms with Crippen molar-refractivity contribution in [2.24, 2.45) is 0 Å². The van der Waals surface area contributed by atoms with Gasteiger partial charge >= 0.3 is 0 Å². The normalized spacial score (nSPS) is 12.9. The molecule has 9 aromatic rings. The third kappa shape index (κ3) is 5.44. The lowest BCUT2D eigenvalue weighted by Gasteiger charge is -2.28. The molecule has 10 rings (SSSR count). The minimum absolute atomic E-state index is 0.261. The fourth-order valence-corrected chi connectivity index (χ4v) is 8.47. The van der Waals surface area contributed by atoms with Gasteiger partial charge in [0.15, 0.2) is 0 Å². The lowest BCUT2D eigenvalue weighted by atomic mass is 9.81. The highest BCUT2D eigenvalue weighted by molar-refractivity contribution is 6.09. The zero-order valence-corrected chi connectivity index (χ0v) is 30.4. The van der Waals surface area contributed by atoms with Crippen molar-refractivity contribution < 1.29 is 13.2 Å². The van der Waals surface area contributed by atoms with Gasteiger partial charge in [0.2, 0.25) is 0 Å². The van der Waals surface area contributed by atoms with Crippen molar-refractivity contribution in [1.82, 2.24) is 0 Å². The van der Waals surface area contributed by atoms with E-state index < -0.39 is 5.41 Å². The van der Waals surface area contributed by atoms with Crippen LogP contribution >= 0.6 is 0 Å². The van der Waals surface area contributed by atoms with Gasteiger partial charge in [0.1, 0.15) is 22.8 Å². The topological polar surface area (TPSA) is 16.4 Å². The molecular formula is C51H35F2NO. The number of hydrogen-bond acceptors (Lipinski definition) is 2. The van der Waals surface area contributed by atoms with Gasteiger partial charge in [0, 0.05) is 44.4 Å². The van der Waals surface area contributed by atoms with E-state index in [1.54, 1.807) is 18.2 Å². The van der Waals surface area contributed by atoms with Crippen molar-refractivity contribution in [3.63, 3.8) is 0 Å². The fourth-order valence-electron chi connectivity index (χ4n) is 8.47. The zero-order chi connectivity index (χ0) is 37.3. The maximum absolute atomic E-state index is 16.2. The Bertz CT molecular complexity index is 2890. The van der Waals surface area contributed by atoms with Crippen LogP contribution in [0.15, 0.2) is 180 Å². The molecule has 0 saturated heterocycles. The molecular weight excluding hydrogens is 681 g/mol. The summed E-state index contributed by atoms with van der Waals surface area (Å²) in [5.74, 6) is -0.579. The number of benzene rings is 8. The smallest absolute Gasteiger partial charge is 0.143 e. The summed E-state index contributed by atoms with van der Waals surface area (Å²) in [5, 5.41) is 2.20. The zero-order valence-electron chi connectivity index (χ0n) is 30.4. The molecule has 1 aliphatic carbocycles. The number of hydrogen-bond donors (Lipinski definition) is 0. The highest BCUT2D eigenvalue weighted by atomic mass is 19.1. The number of halogens is 2. The lowest BCUT2D eigenvalue weighted by Crippen LogP contribution is -2.18. The predicted octanol–water partition coefficient (Wildman–Crippen LogP) is 14.6. The van der Waals surface area contributed by atoms with Crippen molar-refractivity contribution in [2.45, 2.75) is 19.3 Å². The van der Waals surface area contributed by atoms with E-state index in [2.05, 4.69) is 134 Å². The second kappa shape index (κ2) is 12.7. The van der Waals surface area contributed by atoms with Crippen LogP contribution in [-0.2, 0) is 5.41 Å². The standard InChI is InChI=1S/C51H35F2NO/c1-51(2)46-31-40(27-28-42(46)45-29-36(30-47(53)49(45)51)34-15-21-37(52)22-16-34)54(38-23-17-33(18-24-38)32-9-4-3-5-10-32)39-25-19-35(20-26-39)41-12-8-13-44-43-11-6-7-14-48(43)55-50(41)44/h3-31H,1-2H3. The Balaban J connectivity index is 1.09. The van der Waals surface area contributed by atoms with E-state index in [-0.39, 0.29) is 11.6 Å². The van der Waals surface area contributed by atoms with Crippen LogP contribution < -0.4 is 4.90 Å². The number of fused-ring (bicyclic) bond motifs is 6. The molecule has 55 heavy (non-hydrogen) atoms. The van der Waals surface area contributed by atoms with Crippen LogP contribution in [0, 0.1) is 11.6 Å². The summed E-state index contributed by atoms with van der Waals surface area (Å²) in [5.41, 5.74) is 13.6. The van der Waals surface area contributed by atoms with E-state index in [9.17, 15) is 4.39 Å². The molecule has 0 atom stereocenters. The summed E-state index contributed by atoms with van der Waals surface area (Å²) in [6.45, 7) is 4.18. The minimum atomic E-state index is -0.593. The first-order valence-electron chi connectivity index (χ1n) is 18.5. The van der Waals surface area contributed by atoms with Crippen molar-refractivity contribution in [2.75, 3.05) is 4.90 Å². The van der Waals surface area contributed by atoms with Crippen molar-refractivity contribution in [3.05, 3.63) is 199 Å². The molecule has 0 N–H and O–H groups in total. The first-order chi connectivity index (χ1) is 26.8. The van der Waals surface area contributed by atoms with Gasteiger partial charge in [-0.3, -0.25) is 0 Å². The van der Waals surface area contributed by atoms with Gasteiger partial charge in [-0.15, -0.1) is 0 Å². The quantitative estimate of drug-likeness (QED) is 0.170. The van der Waals surface area contributed by atoms with Crippen LogP contribution in [0.2, 0.25) is 0 Å². The average molecular weight is 716 g/mol. The monoisotopic (exact) mass is 715 g/mol. The third-order valence-electron chi connectivity index (χ3n) is 11.2. The third-order valence-corrected chi connectivity index (χ3v) is 11.2. The largest absolute Gasteiger partial charge is 0.455 e. The SMILES string of the molecule is CC1(C)c2cc(N(c3ccc(-c4ccccc4)cc3)c3ccc(-c4cccc5c4oc4ccccc45)cc3)ccc2-c2cc(-c3ccc(F)cc3)cc(F)c21. The maximum Gasteiger partial charge on any atom is 0.143 e. The van der Waals surface area contributed by atoms with Gasteiger partial charge in [0.25, 0.3) is 0 Å².